The van der Waals surface area contributed by atoms with Crippen LogP contribution < -0.4 is 5.32 Å². The molecular weight excluding hydrogens is 455 g/mol. The normalized spacial score (nSPS) is 15.3. The van der Waals surface area contributed by atoms with Crippen molar-refractivity contribution in [2.45, 2.75) is 63.8 Å². The average molecular weight is 483 g/mol. The number of para-hydroxylation sites is 1. The molecule has 1 amide bonds. The summed E-state index contributed by atoms with van der Waals surface area (Å²) < 4.78 is 29.0. The number of nitrogens with zero attached hydrogens (tertiary/aromatic N) is 1. The molecule has 1 N–H and O–H groups in total. The highest BCUT2D eigenvalue weighted by atomic mass is 35.5. The predicted molar refractivity (Wildman–Crippen MR) is 127 cm³/mol. The van der Waals surface area contributed by atoms with E-state index in [1.165, 1.54) is 4.31 Å². The number of nitrogens with one attached hydrogen (secondary N) is 1. The van der Waals surface area contributed by atoms with Crippen LogP contribution >= 0.6 is 23.2 Å². The van der Waals surface area contributed by atoms with Crippen LogP contribution in [0.15, 0.2) is 35.2 Å². The molecule has 0 spiro atoms. The summed E-state index contributed by atoms with van der Waals surface area (Å²) in [6.45, 7) is 5.25. The summed E-state index contributed by atoms with van der Waals surface area (Å²) in [7, 11) is -3.88. The molecule has 0 saturated heterocycles. The first kappa shape index (κ1) is 24.1. The van der Waals surface area contributed by atoms with E-state index < -0.39 is 15.9 Å². The minimum absolute atomic E-state index is 0.216. The van der Waals surface area contributed by atoms with E-state index in [0.717, 1.165) is 37.7 Å². The van der Waals surface area contributed by atoms with E-state index in [0.29, 0.717) is 26.9 Å². The molecule has 31 heavy (non-hydrogen) atoms. The number of benzene rings is 2. The Balaban J connectivity index is 1.96. The highest BCUT2D eigenvalue weighted by Crippen LogP contribution is 2.33. The van der Waals surface area contributed by atoms with Crippen molar-refractivity contribution in [3.8, 4) is 0 Å². The Morgan fingerprint density at radius 2 is 1.58 bits per heavy atom. The highest BCUT2D eigenvalue weighted by molar-refractivity contribution is 7.89. The fourth-order valence-corrected chi connectivity index (χ4v) is 6.96. The van der Waals surface area contributed by atoms with Gasteiger partial charge in [-0.3, -0.25) is 4.79 Å². The van der Waals surface area contributed by atoms with Crippen molar-refractivity contribution >= 4 is 44.8 Å². The zero-order valence-corrected chi connectivity index (χ0v) is 20.4. The van der Waals surface area contributed by atoms with E-state index in [1.807, 2.05) is 19.1 Å². The monoisotopic (exact) mass is 482 g/mol. The van der Waals surface area contributed by atoms with Crippen LogP contribution in [-0.2, 0) is 14.8 Å². The van der Waals surface area contributed by atoms with Crippen LogP contribution in [0, 0.1) is 20.8 Å². The van der Waals surface area contributed by atoms with Gasteiger partial charge in [0.15, 0.2) is 0 Å². The summed E-state index contributed by atoms with van der Waals surface area (Å²) in [6, 6.07) is 8.44. The minimum atomic E-state index is -3.88. The molecule has 0 radical (unpaired) electrons. The number of aryl methyl sites for hydroxylation is 3. The van der Waals surface area contributed by atoms with Gasteiger partial charge in [0.25, 0.3) is 0 Å². The van der Waals surface area contributed by atoms with Crippen molar-refractivity contribution in [3.05, 3.63) is 57.1 Å². The third-order valence-electron chi connectivity index (χ3n) is 5.68. The number of amides is 1. The second-order valence-corrected chi connectivity index (χ2v) is 10.9. The topological polar surface area (TPSA) is 66.5 Å². The number of carbonyl (C=O) groups is 1. The maximum Gasteiger partial charge on any atom is 0.244 e. The number of carbonyl (C=O) groups excluding carboxylic acids is 1. The average Bonchev–Trinajstić information content (AvgIpc) is 2.68. The fourth-order valence-electron chi connectivity index (χ4n) is 4.41. The lowest BCUT2D eigenvalue weighted by Gasteiger charge is -2.34. The molecule has 168 valence electrons. The van der Waals surface area contributed by atoms with E-state index in [4.69, 9.17) is 23.2 Å². The SMILES string of the molecule is Cc1cc(C)c(S(=O)(=O)N(CC(=O)Nc2c(Cl)cccc2Cl)C2CCCCC2)c(C)c1. The number of halogens is 2. The molecule has 0 heterocycles. The van der Waals surface area contributed by atoms with Gasteiger partial charge in [0.1, 0.15) is 0 Å². The summed E-state index contributed by atoms with van der Waals surface area (Å²) in [5.74, 6) is -0.466. The van der Waals surface area contributed by atoms with Gasteiger partial charge >= 0.3 is 0 Å². The van der Waals surface area contributed by atoms with Gasteiger partial charge in [0.2, 0.25) is 15.9 Å². The zero-order valence-electron chi connectivity index (χ0n) is 18.0. The molecule has 1 aliphatic carbocycles. The van der Waals surface area contributed by atoms with Gasteiger partial charge in [-0.15, -0.1) is 0 Å². The van der Waals surface area contributed by atoms with Crippen molar-refractivity contribution in [2.75, 3.05) is 11.9 Å². The first-order valence-corrected chi connectivity index (χ1v) is 12.6. The molecule has 0 atom stereocenters. The van der Waals surface area contributed by atoms with Gasteiger partial charge in [-0.05, 0) is 56.9 Å². The molecule has 8 heteroatoms. The number of sulfonamides is 1. The molecule has 0 aromatic heterocycles. The van der Waals surface area contributed by atoms with Crippen LogP contribution in [0.2, 0.25) is 10.0 Å². The first-order chi connectivity index (χ1) is 14.6. The van der Waals surface area contributed by atoms with Crippen molar-refractivity contribution in [2.24, 2.45) is 0 Å². The molecule has 1 saturated carbocycles. The molecule has 0 bridgehead atoms. The van der Waals surface area contributed by atoms with Crippen LogP contribution in [-0.4, -0.2) is 31.2 Å². The predicted octanol–water partition coefficient (Wildman–Crippen LogP) is 5.88. The second-order valence-electron chi connectivity index (χ2n) is 8.21. The lowest BCUT2D eigenvalue weighted by Crippen LogP contribution is -2.46. The summed E-state index contributed by atoms with van der Waals surface area (Å²) in [4.78, 5) is 13.2. The van der Waals surface area contributed by atoms with Gasteiger partial charge < -0.3 is 5.32 Å². The van der Waals surface area contributed by atoms with Gasteiger partial charge in [-0.25, -0.2) is 8.42 Å². The van der Waals surface area contributed by atoms with Crippen LogP contribution in [0.3, 0.4) is 0 Å². The summed E-state index contributed by atoms with van der Waals surface area (Å²) in [5.41, 5.74) is 2.67. The Bertz CT molecular complexity index is 1040. The Labute approximate surface area is 194 Å². The number of rotatable bonds is 6. The van der Waals surface area contributed by atoms with E-state index in [-0.39, 0.29) is 17.5 Å². The Kier molecular flexibility index (Phi) is 7.68. The Morgan fingerprint density at radius 1 is 1.03 bits per heavy atom. The minimum Gasteiger partial charge on any atom is -0.322 e. The standard InChI is InChI=1S/C23H28Cl2N2O3S/c1-15-12-16(2)23(17(3)13-15)31(29,30)27(18-8-5-4-6-9-18)14-21(28)26-22-19(24)10-7-11-20(22)25/h7,10-13,18H,4-6,8-9,14H2,1-3H3,(H,26,28). The Hall–Kier alpha value is -1.60. The summed E-state index contributed by atoms with van der Waals surface area (Å²) in [6.07, 6.45) is 4.45. The second kappa shape index (κ2) is 9.90. The van der Waals surface area contributed by atoms with Gasteiger partial charge in [-0.1, -0.05) is 66.2 Å². The molecule has 1 fully saturated rings. The van der Waals surface area contributed by atoms with E-state index in [2.05, 4.69) is 5.32 Å². The van der Waals surface area contributed by atoms with Crippen molar-refractivity contribution in [1.29, 1.82) is 0 Å². The molecule has 0 unspecified atom stereocenters. The molecule has 3 rings (SSSR count). The maximum absolute atomic E-state index is 13.8. The molecule has 2 aromatic rings. The third kappa shape index (κ3) is 5.43. The van der Waals surface area contributed by atoms with Crippen molar-refractivity contribution in [3.63, 3.8) is 0 Å². The molecule has 0 aliphatic heterocycles. The Morgan fingerprint density at radius 3 is 2.13 bits per heavy atom. The van der Waals surface area contributed by atoms with Crippen LogP contribution in [0.1, 0.15) is 48.8 Å². The first-order valence-electron chi connectivity index (χ1n) is 10.4. The molecule has 1 aliphatic rings. The largest absolute Gasteiger partial charge is 0.322 e. The van der Waals surface area contributed by atoms with Crippen LogP contribution in [0.25, 0.3) is 0 Å². The quantitative estimate of drug-likeness (QED) is 0.558. The third-order valence-corrected chi connectivity index (χ3v) is 8.51. The maximum atomic E-state index is 13.8. The summed E-state index contributed by atoms with van der Waals surface area (Å²) >= 11 is 12.3. The van der Waals surface area contributed by atoms with Gasteiger partial charge in [0, 0.05) is 6.04 Å². The smallest absolute Gasteiger partial charge is 0.244 e. The van der Waals surface area contributed by atoms with E-state index >= 15 is 0 Å². The van der Waals surface area contributed by atoms with Crippen molar-refractivity contribution in [1.82, 2.24) is 4.31 Å². The lowest BCUT2D eigenvalue weighted by atomic mass is 9.95. The van der Waals surface area contributed by atoms with Gasteiger partial charge in [-0.2, -0.15) is 4.31 Å². The summed E-state index contributed by atoms with van der Waals surface area (Å²) in [5, 5.41) is 3.31. The van der Waals surface area contributed by atoms with Gasteiger partial charge in [0.05, 0.1) is 27.2 Å². The molecule has 2 aromatic carbocycles. The number of hydrogen-bond acceptors (Lipinski definition) is 3. The zero-order chi connectivity index (χ0) is 22.8. The lowest BCUT2D eigenvalue weighted by molar-refractivity contribution is -0.116. The molecular formula is C23H28Cl2N2O3S. The van der Waals surface area contributed by atoms with E-state index in [1.54, 1.807) is 32.0 Å². The van der Waals surface area contributed by atoms with E-state index in [9.17, 15) is 13.2 Å². The number of hydrogen-bond donors (Lipinski definition) is 1. The van der Waals surface area contributed by atoms with Crippen LogP contribution in [0.5, 0.6) is 0 Å². The van der Waals surface area contributed by atoms with Crippen molar-refractivity contribution < 1.29 is 13.2 Å². The fraction of sp³-hybridized carbons (Fsp3) is 0.435. The molecule has 5 nitrogen and oxygen atoms in total. The highest BCUT2D eigenvalue weighted by Gasteiger charge is 2.35. The number of anilines is 1. The van der Waals surface area contributed by atoms with Crippen LogP contribution in [0.4, 0.5) is 5.69 Å².